The van der Waals surface area contributed by atoms with E-state index in [9.17, 15) is 8.42 Å². The van der Waals surface area contributed by atoms with Crippen LogP contribution >= 0.6 is 10.7 Å². The quantitative estimate of drug-likeness (QED) is 0.694. The Morgan fingerprint density at radius 3 is 2.57 bits per heavy atom. The molecule has 0 aliphatic carbocycles. The zero-order valence-corrected chi connectivity index (χ0v) is 8.22. The van der Waals surface area contributed by atoms with Crippen molar-refractivity contribution in [3.05, 3.63) is 18.2 Å². The van der Waals surface area contributed by atoms with E-state index in [1.165, 1.54) is 0 Å². The first-order valence-electron chi connectivity index (χ1n) is 5.50. The van der Waals surface area contributed by atoms with E-state index in [1.807, 2.05) is 0 Å². The van der Waals surface area contributed by atoms with Crippen molar-refractivity contribution in [1.29, 1.82) is 0 Å². The highest BCUT2D eigenvalue weighted by molar-refractivity contribution is 8.13. The second-order valence-corrected chi connectivity index (χ2v) is 5.02. The van der Waals surface area contributed by atoms with Crippen LogP contribution in [0.1, 0.15) is 5.48 Å². The van der Waals surface area contributed by atoms with Crippen LogP contribution in [0.5, 0.6) is 11.5 Å². The summed E-state index contributed by atoms with van der Waals surface area (Å²) >= 11 is 0. The second kappa shape index (κ2) is 3.33. The van der Waals surface area contributed by atoms with E-state index in [0.717, 1.165) is 18.2 Å². The third-order valence-electron chi connectivity index (χ3n) is 1.56. The Kier molecular flexibility index (Phi) is 1.38. The molecule has 0 saturated heterocycles. The first-order valence-corrected chi connectivity index (χ1v) is 5.81. The summed E-state index contributed by atoms with van der Waals surface area (Å²) < 4.78 is 61.2. The largest absolute Gasteiger partial charge is 0.486 e. The Bertz CT molecular complexity index is 601. The zero-order chi connectivity index (χ0) is 13.8. The van der Waals surface area contributed by atoms with Crippen LogP contribution in [-0.2, 0) is 9.05 Å². The molecule has 0 spiro atoms. The molecule has 2 rings (SSSR count). The zero-order valence-electron chi connectivity index (χ0n) is 10.7. The fourth-order valence-corrected chi connectivity index (χ4v) is 1.72. The highest BCUT2D eigenvalue weighted by Gasteiger charge is 2.16. The Morgan fingerprint density at radius 1 is 1.29 bits per heavy atom. The van der Waals surface area contributed by atoms with Gasteiger partial charge >= 0.3 is 0 Å². The van der Waals surface area contributed by atoms with Gasteiger partial charge in [-0.25, -0.2) is 8.42 Å². The van der Waals surface area contributed by atoms with Crippen LogP contribution in [0.15, 0.2) is 23.1 Å². The molecule has 0 aromatic heterocycles. The summed E-state index contributed by atoms with van der Waals surface area (Å²) in [7, 11) is 1.15. The van der Waals surface area contributed by atoms with Gasteiger partial charge in [0.15, 0.2) is 11.5 Å². The van der Waals surface area contributed by atoms with Gasteiger partial charge in [-0.05, 0) is 12.1 Å². The molecule has 1 aromatic carbocycles. The number of benzene rings is 1. The Morgan fingerprint density at radius 2 is 1.93 bits per heavy atom. The van der Waals surface area contributed by atoms with Gasteiger partial charge in [0.2, 0.25) is 0 Å². The molecule has 0 radical (unpaired) electrons. The number of hydrogen-bond donors (Lipinski definition) is 0. The van der Waals surface area contributed by atoms with Crippen molar-refractivity contribution in [1.82, 2.24) is 0 Å². The maximum atomic E-state index is 11.1. The van der Waals surface area contributed by atoms with Crippen LogP contribution in [0.25, 0.3) is 0 Å². The number of hydrogen-bond acceptors (Lipinski definition) is 4. The molecule has 1 aliphatic rings. The standard InChI is InChI=1S/C8H7ClO4S/c9-14(10,11)6-1-2-7-8(5-6)13-4-3-12-7/h1-2,5H,3-4H2/i3D2,4D2. The molecular formula is C8H7ClO4S. The lowest BCUT2D eigenvalue weighted by molar-refractivity contribution is 0.171. The van der Waals surface area contributed by atoms with Crippen molar-refractivity contribution in [3.8, 4) is 11.5 Å². The molecule has 0 fully saturated rings. The Labute approximate surface area is 91.4 Å². The fourth-order valence-electron chi connectivity index (χ4n) is 0.956. The molecule has 1 aromatic rings. The average Bonchev–Trinajstić information content (AvgIpc) is 2.16. The lowest BCUT2D eigenvalue weighted by Gasteiger charge is -2.18. The molecular weight excluding hydrogens is 228 g/mol. The summed E-state index contributed by atoms with van der Waals surface area (Å²) in [5, 5.41) is 0. The van der Waals surface area contributed by atoms with E-state index in [-0.39, 0.29) is 16.4 Å². The summed E-state index contributed by atoms with van der Waals surface area (Å²) in [5.41, 5.74) is 0. The molecule has 0 atom stereocenters. The maximum absolute atomic E-state index is 11.1. The lowest BCUT2D eigenvalue weighted by atomic mass is 10.3. The van der Waals surface area contributed by atoms with Crippen molar-refractivity contribution in [2.75, 3.05) is 13.1 Å². The van der Waals surface area contributed by atoms with Crippen LogP contribution in [0, 0.1) is 0 Å². The molecule has 6 heteroatoms. The summed E-state index contributed by atoms with van der Waals surface area (Å²) in [6.45, 7) is -5.42. The van der Waals surface area contributed by atoms with Crippen molar-refractivity contribution < 1.29 is 23.4 Å². The molecule has 0 saturated carbocycles. The van der Waals surface area contributed by atoms with Gasteiger partial charge in [0, 0.05) is 16.7 Å². The van der Waals surface area contributed by atoms with Gasteiger partial charge in [-0.2, -0.15) is 0 Å². The molecule has 1 heterocycles. The summed E-state index contributed by atoms with van der Waals surface area (Å²) in [4.78, 5) is -0.287. The number of rotatable bonds is 1. The fraction of sp³-hybridized carbons (Fsp3) is 0.250. The molecule has 0 bridgehead atoms. The predicted octanol–water partition coefficient (Wildman–Crippen LogP) is 1.39. The van der Waals surface area contributed by atoms with Gasteiger partial charge in [0.05, 0.1) is 10.4 Å². The Hall–Kier alpha value is -0.940. The van der Waals surface area contributed by atoms with Crippen LogP contribution in [0.2, 0.25) is 0 Å². The minimum Gasteiger partial charge on any atom is -0.486 e. The van der Waals surface area contributed by atoms with Gasteiger partial charge in [0.1, 0.15) is 13.1 Å². The van der Waals surface area contributed by atoms with Gasteiger partial charge < -0.3 is 9.47 Å². The molecule has 0 unspecified atom stereocenters. The molecule has 0 amide bonds. The smallest absolute Gasteiger partial charge is 0.261 e. The Balaban J connectivity index is 2.52. The molecule has 4 nitrogen and oxygen atoms in total. The summed E-state index contributed by atoms with van der Waals surface area (Å²) in [6.07, 6.45) is 0. The van der Waals surface area contributed by atoms with E-state index in [0.29, 0.717) is 0 Å². The minimum absolute atomic E-state index is 0.0980. The molecule has 76 valence electrons. The monoisotopic (exact) mass is 238 g/mol. The van der Waals surface area contributed by atoms with E-state index in [1.54, 1.807) is 0 Å². The van der Waals surface area contributed by atoms with Crippen LogP contribution in [0.4, 0.5) is 0 Å². The van der Waals surface area contributed by atoms with Crippen LogP contribution < -0.4 is 9.47 Å². The predicted molar refractivity (Wildman–Crippen MR) is 50.5 cm³/mol. The number of ether oxygens (including phenoxy) is 2. The molecule has 0 N–H and O–H groups in total. The lowest BCUT2D eigenvalue weighted by Crippen LogP contribution is -2.15. The normalized spacial score (nSPS) is 26.6. The third kappa shape index (κ3) is 1.78. The van der Waals surface area contributed by atoms with Gasteiger partial charge in [0.25, 0.3) is 9.05 Å². The van der Waals surface area contributed by atoms with Gasteiger partial charge in [-0.3, -0.25) is 0 Å². The van der Waals surface area contributed by atoms with Crippen molar-refractivity contribution >= 4 is 19.7 Å². The average molecular weight is 239 g/mol. The van der Waals surface area contributed by atoms with E-state index < -0.39 is 22.2 Å². The first kappa shape index (κ1) is 5.82. The van der Waals surface area contributed by atoms with E-state index in [4.69, 9.17) is 25.6 Å². The van der Waals surface area contributed by atoms with Crippen LogP contribution in [0.3, 0.4) is 0 Å². The number of halogens is 1. The van der Waals surface area contributed by atoms with Gasteiger partial charge in [-0.15, -0.1) is 0 Å². The van der Waals surface area contributed by atoms with Crippen molar-refractivity contribution in [3.63, 3.8) is 0 Å². The minimum atomic E-state index is -3.98. The van der Waals surface area contributed by atoms with Crippen LogP contribution in [-0.4, -0.2) is 21.5 Å². The maximum Gasteiger partial charge on any atom is 0.261 e. The molecule has 1 aliphatic heterocycles. The van der Waals surface area contributed by atoms with Gasteiger partial charge in [-0.1, -0.05) is 0 Å². The number of fused-ring (bicyclic) bond motifs is 1. The highest BCUT2D eigenvalue weighted by atomic mass is 35.7. The van der Waals surface area contributed by atoms with E-state index >= 15 is 0 Å². The highest BCUT2D eigenvalue weighted by Crippen LogP contribution is 2.32. The molecule has 14 heavy (non-hydrogen) atoms. The van der Waals surface area contributed by atoms with Crippen molar-refractivity contribution in [2.24, 2.45) is 0 Å². The van der Waals surface area contributed by atoms with Crippen molar-refractivity contribution in [2.45, 2.75) is 4.90 Å². The third-order valence-corrected chi connectivity index (χ3v) is 2.91. The topological polar surface area (TPSA) is 52.6 Å². The first-order chi connectivity index (χ1) is 8.03. The second-order valence-electron chi connectivity index (χ2n) is 2.45. The SMILES string of the molecule is [2H]C1([2H])Oc2ccc(S(=O)(=O)Cl)cc2OC1([2H])[2H]. The summed E-state index contributed by atoms with van der Waals surface area (Å²) in [6, 6.07) is 3.24. The summed E-state index contributed by atoms with van der Waals surface area (Å²) in [5.74, 6) is -0.323. The van der Waals surface area contributed by atoms with E-state index in [2.05, 4.69) is 0 Å².